The summed E-state index contributed by atoms with van der Waals surface area (Å²) in [6, 6.07) is 14.0. The number of halogens is 1. The number of thiazole rings is 1. The molecule has 0 radical (unpaired) electrons. The second kappa shape index (κ2) is 9.65. The minimum absolute atomic E-state index is 0.0892. The molecule has 0 aliphatic heterocycles. The first-order valence-electron chi connectivity index (χ1n) is 9.59. The molecular weight excluding hydrogens is 387 g/mol. The first-order valence-corrected chi connectivity index (χ1v) is 10.5. The topological polar surface area (TPSA) is 42.4 Å². The van der Waals surface area contributed by atoms with E-state index in [9.17, 15) is 9.18 Å². The second-order valence-electron chi connectivity index (χ2n) is 7.40. The zero-order valence-electron chi connectivity index (χ0n) is 16.9. The molecule has 0 bridgehead atoms. The lowest BCUT2D eigenvalue weighted by Gasteiger charge is -2.24. The van der Waals surface area contributed by atoms with Crippen LogP contribution >= 0.6 is 11.3 Å². The highest BCUT2D eigenvalue weighted by molar-refractivity contribution is 7.09. The number of aryl methyl sites for hydroxylation is 1. The Morgan fingerprint density at radius 3 is 2.72 bits per heavy atom. The number of rotatable bonds is 8. The van der Waals surface area contributed by atoms with Gasteiger partial charge in [0, 0.05) is 11.9 Å². The molecule has 29 heavy (non-hydrogen) atoms. The Morgan fingerprint density at radius 2 is 2.00 bits per heavy atom. The Labute approximate surface area is 175 Å². The van der Waals surface area contributed by atoms with E-state index in [1.807, 2.05) is 50.4 Å². The predicted molar refractivity (Wildman–Crippen MR) is 114 cm³/mol. The van der Waals surface area contributed by atoms with E-state index in [2.05, 4.69) is 4.98 Å². The summed E-state index contributed by atoms with van der Waals surface area (Å²) in [4.78, 5) is 19.1. The molecule has 0 saturated heterocycles. The van der Waals surface area contributed by atoms with Crippen LogP contribution in [0.4, 0.5) is 4.39 Å². The van der Waals surface area contributed by atoms with Crippen LogP contribution in [-0.2, 0) is 13.2 Å². The van der Waals surface area contributed by atoms with E-state index in [1.54, 1.807) is 17.0 Å². The quantitative estimate of drug-likeness (QED) is 0.493. The van der Waals surface area contributed by atoms with Gasteiger partial charge in [0.25, 0.3) is 5.91 Å². The lowest BCUT2D eigenvalue weighted by molar-refractivity contribution is 0.0716. The van der Waals surface area contributed by atoms with Crippen LogP contribution in [0.3, 0.4) is 0 Å². The summed E-state index contributed by atoms with van der Waals surface area (Å²) in [6.45, 7) is 7.32. The van der Waals surface area contributed by atoms with Crippen LogP contribution in [-0.4, -0.2) is 22.3 Å². The first-order chi connectivity index (χ1) is 13.9. The number of hydrogen-bond acceptors (Lipinski definition) is 4. The molecule has 3 rings (SSSR count). The van der Waals surface area contributed by atoms with Gasteiger partial charge in [-0.3, -0.25) is 4.79 Å². The van der Waals surface area contributed by atoms with E-state index in [0.717, 1.165) is 22.0 Å². The molecule has 152 valence electrons. The molecule has 0 fully saturated rings. The molecule has 0 aliphatic rings. The van der Waals surface area contributed by atoms with E-state index in [-0.39, 0.29) is 17.4 Å². The summed E-state index contributed by atoms with van der Waals surface area (Å²) in [5.41, 5.74) is 2.01. The van der Waals surface area contributed by atoms with E-state index < -0.39 is 5.82 Å². The SMILES string of the molecule is Cc1cccc(OCc2nc(CN(CC(C)C)C(=O)c3ccccc3F)cs2)c1. The number of hydrogen-bond donors (Lipinski definition) is 0. The third kappa shape index (κ3) is 5.87. The maximum absolute atomic E-state index is 14.1. The van der Waals surface area contributed by atoms with Crippen molar-refractivity contribution in [2.45, 2.75) is 33.9 Å². The van der Waals surface area contributed by atoms with Gasteiger partial charge in [-0.25, -0.2) is 9.37 Å². The van der Waals surface area contributed by atoms with Crippen molar-refractivity contribution in [3.63, 3.8) is 0 Å². The Bertz CT molecular complexity index is 971. The fourth-order valence-electron chi connectivity index (χ4n) is 3.00. The van der Waals surface area contributed by atoms with Crippen molar-refractivity contribution in [3.05, 3.63) is 81.6 Å². The molecule has 3 aromatic rings. The summed E-state index contributed by atoms with van der Waals surface area (Å²) in [6.07, 6.45) is 0. The van der Waals surface area contributed by atoms with Crippen LogP contribution < -0.4 is 4.74 Å². The van der Waals surface area contributed by atoms with Gasteiger partial charge in [-0.1, -0.05) is 38.1 Å². The van der Waals surface area contributed by atoms with Gasteiger partial charge in [0.1, 0.15) is 23.2 Å². The van der Waals surface area contributed by atoms with Crippen molar-refractivity contribution in [2.75, 3.05) is 6.54 Å². The van der Waals surface area contributed by atoms with Crippen LogP contribution in [0.25, 0.3) is 0 Å². The number of ether oxygens (including phenoxy) is 1. The molecule has 0 atom stereocenters. The molecule has 0 aliphatic carbocycles. The summed E-state index contributed by atoms with van der Waals surface area (Å²) in [7, 11) is 0. The van der Waals surface area contributed by atoms with Gasteiger partial charge in [-0.15, -0.1) is 11.3 Å². The Balaban J connectivity index is 1.68. The smallest absolute Gasteiger partial charge is 0.257 e. The maximum atomic E-state index is 14.1. The normalized spacial score (nSPS) is 10.9. The molecular formula is C23H25FN2O2S. The van der Waals surface area contributed by atoms with Crippen molar-refractivity contribution in [1.82, 2.24) is 9.88 Å². The largest absolute Gasteiger partial charge is 0.486 e. The lowest BCUT2D eigenvalue weighted by atomic mass is 10.1. The lowest BCUT2D eigenvalue weighted by Crippen LogP contribution is -2.34. The van der Waals surface area contributed by atoms with Gasteiger partial charge >= 0.3 is 0 Å². The molecule has 6 heteroatoms. The van der Waals surface area contributed by atoms with Crippen LogP contribution in [0.1, 0.15) is 40.5 Å². The van der Waals surface area contributed by atoms with Gasteiger partial charge in [-0.2, -0.15) is 0 Å². The van der Waals surface area contributed by atoms with Gasteiger partial charge in [0.15, 0.2) is 0 Å². The fourth-order valence-corrected chi connectivity index (χ4v) is 3.69. The molecule has 4 nitrogen and oxygen atoms in total. The van der Waals surface area contributed by atoms with E-state index in [0.29, 0.717) is 19.7 Å². The third-order valence-corrected chi connectivity index (χ3v) is 5.15. The standard InChI is InChI=1S/C23H25FN2O2S/c1-16(2)12-26(23(27)20-9-4-5-10-21(20)24)13-18-15-29-22(25-18)14-28-19-8-6-7-17(3)11-19/h4-11,15-16H,12-14H2,1-3H3. The summed E-state index contributed by atoms with van der Waals surface area (Å²) < 4.78 is 19.9. The molecule has 0 spiro atoms. The number of benzene rings is 2. The van der Waals surface area contributed by atoms with E-state index in [4.69, 9.17) is 4.74 Å². The first kappa shape index (κ1) is 21.0. The molecule has 1 amide bonds. The average Bonchev–Trinajstić information content (AvgIpc) is 3.13. The Morgan fingerprint density at radius 1 is 1.21 bits per heavy atom. The third-order valence-electron chi connectivity index (χ3n) is 4.28. The number of amides is 1. The van der Waals surface area contributed by atoms with Gasteiger partial charge in [0.2, 0.25) is 0 Å². The molecule has 1 heterocycles. The zero-order chi connectivity index (χ0) is 20.8. The highest BCUT2D eigenvalue weighted by Gasteiger charge is 2.21. The Kier molecular flexibility index (Phi) is 6.99. The predicted octanol–water partition coefficient (Wildman–Crippen LogP) is 5.47. The van der Waals surface area contributed by atoms with Crippen LogP contribution in [0.5, 0.6) is 5.75 Å². The molecule has 0 unspecified atom stereocenters. The van der Waals surface area contributed by atoms with Crippen molar-refractivity contribution < 1.29 is 13.9 Å². The molecule has 1 aromatic heterocycles. The highest BCUT2D eigenvalue weighted by atomic mass is 32.1. The monoisotopic (exact) mass is 412 g/mol. The minimum atomic E-state index is -0.503. The van der Waals surface area contributed by atoms with E-state index >= 15 is 0 Å². The Hall–Kier alpha value is -2.73. The molecule has 2 aromatic carbocycles. The molecule has 0 saturated carbocycles. The van der Waals surface area contributed by atoms with Gasteiger partial charge in [-0.05, 0) is 42.7 Å². The van der Waals surface area contributed by atoms with Gasteiger partial charge < -0.3 is 9.64 Å². The number of carbonyl (C=O) groups is 1. The second-order valence-corrected chi connectivity index (χ2v) is 8.34. The fraction of sp³-hybridized carbons (Fsp3) is 0.304. The van der Waals surface area contributed by atoms with E-state index in [1.165, 1.54) is 23.5 Å². The van der Waals surface area contributed by atoms with Crippen molar-refractivity contribution >= 4 is 17.2 Å². The number of aromatic nitrogens is 1. The van der Waals surface area contributed by atoms with Crippen LogP contribution in [0.2, 0.25) is 0 Å². The van der Waals surface area contributed by atoms with Gasteiger partial charge in [0.05, 0.1) is 17.8 Å². The zero-order valence-corrected chi connectivity index (χ0v) is 17.7. The summed E-state index contributed by atoms with van der Waals surface area (Å²) in [5.74, 6) is 0.241. The summed E-state index contributed by atoms with van der Waals surface area (Å²) in [5, 5.41) is 2.76. The minimum Gasteiger partial charge on any atom is -0.486 e. The maximum Gasteiger partial charge on any atom is 0.257 e. The molecule has 0 N–H and O–H groups in total. The van der Waals surface area contributed by atoms with Crippen LogP contribution in [0.15, 0.2) is 53.9 Å². The van der Waals surface area contributed by atoms with Crippen molar-refractivity contribution in [2.24, 2.45) is 5.92 Å². The van der Waals surface area contributed by atoms with Crippen LogP contribution in [0, 0.1) is 18.7 Å². The average molecular weight is 413 g/mol. The summed E-state index contributed by atoms with van der Waals surface area (Å²) >= 11 is 1.50. The highest BCUT2D eigenvalue weighted by Crippen LogP contribution is 2.19. The van der Waals surface area contributed by atoms with Crippen molar-refractivity contribution in [3.8, 4) is 5.75 Å². The number of nitrogens with zero attached hydrogens (tertiary/aromatic N) is 2. The van der Waals surface area contributed by atoms with Crippen molar-refractivity contribution in [1.29, 1.82) is 0 Å². The number of carbonyl (C=O) groups excluding carboxylic acids is 1.